The number of hydrogen-bond donors (Lipinski definition) is 0. The molecule has 4 rings (SSSR count). The maximum absolute atomic E-state index is 13.1. The largest absolute Gasteiger partial charge is 0.486 e. The number of aryl methyl sites for hydroxylation is 2. The van der Waals surface area contributed by atoms with Gasteiger partial charge in [0.05, 0.1) is 5.56 Å². The van der Waals surface area contributed by atoms with Gasteiger partial charge in [0.1, 0.15) is 19.8 Å². The number of hydrogen-bond acceptors (Lipinski definition) is 5. The van der Waals surface area contributed by atoms with Gasteiger partial charge >= 0.3 is 5.97 Å². The highest BCUT2D eigenvalue weighted by Gasteiger charge is 2.21. The summed E-state index contributed by atoms with van der Waals surface area (Å²) in [5, 5.41) is 0. The minimum Gasteiger partial charge on any atom is -0.486 e. The lowest BCUT2D eigenvalue weighted by Gasteiger charge is -2.18. The first-order valence-corrected chi connectivity index (χ1v) is 9.79. The molecule has 3 aromatic rings. The van der Waals surface area contributed by atoms with E-state index in [1.165, 1.54) is 0 Å². The number of ketones is 1. The smallest absolute Gasteiger partial charge is 0.339 e. The lowest BCUT2D eigenvalue weighted by atomic mass is 9.98. The minimum absolute atomic E-state index is 0.152. The summed E-state index contributed by atoms with van der Waals surface area (Å²) in [5.74, 6) is 0.338. The van der Waals surface area contributed by atoms with Crippen LogP contribution in [0.4, 0.5) is 0 Å². The zero-order chi connectivity index (χ0) is 21.1. The summed E-state index contributed by atoms with van der Waals surface area (Å²) >= 11 is 0. The molecule has 0 spiro atoms. The summed E-state index contributed by atoms with van der Waals surface area (Å²) in [6.45, 7) is 5.04. The third-order valence-electron chi connectivity index (χ3n) is 5.06. The first kappa shape index (κ1) is 19.7. The average molecular weight is 402 g/mol. The summed E-state index contributed by atoms with van der Waals surface area (Å²) in [5.41, 5.74) is 4.05. The van der Waals surface area contributed by atoms with Crippen LogP contribution < -0.4 is 9.47 Å². The highest BCUT2D eigenvalue weighted by molar-refractivity contribution is 6.14. The van der Waals surface area contributed by atoms with Gasteiger partial charge < -0.3 is 14.2 Å². The van der Waals surface area contributed by atoms with E-state index in [1.54, 1.807) is 42.5 Å². The van der Waals surface area contributed by atoms with E-state index in [4.69, 9.17) is 14.2 Å². The summed E-state index contributed by atoms with van der Waals surface area (Å²) in [4.78, 5) is 25.9. The van der Waals surface area contributed by atoms with E-state index in [0.717, 1.165) is 16.7 Å². The predicted octanol–water partition coefficient (Wildman–Crippen LogP) is 4.66. The Bertz CT molecular complexity index is 1120. The van der Waals surface area contributed by atoms with Crippen molar-refractivity contribution in [2.45, 2.75) is 20.5 Å². The van der Waals surface area contributed by atoms with Gasteiger partial charge in [-0.3, -0.25) is 4.79 Å². The second-order valence-corrected chi connectivity index (χ2v) is 7.24. The Balaban J connectivity index is 1.57. The van der Waals surface area contributed by atoms with Crippen molar-refractivity contribution in [2.75, 3.05) is 13.2 Å². The van der Waals surface area contributed by atoms with E-state index in [-0.39, 0.29) is 18.0 Å². The highest BCUT2D eigenvalue weighted by atomic mass is 16.6. The van der Waals surface area contributed by atoms with Gasteiger partial charge in [-0.05, 0) is 49.2 Å². The molecule has 0 amide bonds. The lowest BCUT2D eigenvalue weighted by Crippen LogP contribution is -2.16. The number of carbonyl (C=O) groups excluding carboxylic acids is 2. The molecule has 1 heterocycles. The molecular weight excluding hydrogens is 380 g/mol. The minimum atomic E-state index is -0.530. The van der Waals surface area contributed by atoms with Crippen LogP contribution in [-0.4, -0.2) is 25.0 Å². The van der Waals surface area contributed by atoms with Crippen LogP contribution >= 0.6 is 0 Å². The summed E-state index contributed by atoms with van der Waals surface area (Å²) in [6.07, 6.45) is 0. The number of rotatable bonds is 5. The monoisotopic (exact) mass is 402 g/mol. The second kappa shape index (κ2) is 8.41. The molecule has 5 heteroatoms. The van der Waals surface area contributed by atoms with Gasteiger partial charge in [-0.2, -0.15) is 0 Å². The third kappa shape index (κ3) is 4.06. The Kier molecular flexibility index (Phi) is 5.53. The van der Waals surface area contributed by atoms with Crippen molar-refractivity contribution in [1.29, 1.82) is 0 Å². The van der Waals surface area contributed by atoms with Crippen LogP contribution in [0.1, 0.15) is 43.0 Å². The van der Waals surface area contributed by atoms with Crippen molar-refractivity contribution < 1.29 is 23.8 Å². The Morgan fingerprint density at radius 2 is 1.60 bits per heavy atom. The number of fused-ring (bicyclic) bond motifs is 1. The molecule has 30 heavy (non-hydrogen) atoms. The molecule has 0 saturated carbocycles. The van der Waals surface area contributed by atoms with Crippen LogP contribution in [0.2, 0.25) is 0 Å². The van der Waals surface area contributed by atoms with Crippen LogP contribution in [0.15, 0.2) is 60.7 Å². The Labute approximate surface area is 175 Å². The number of benzene rings is 3. The molecule has 0 aromatic heterocycles. The standard InChI is InChI=1S/C25H22O5/c1-16-7-8-17(2)19(13-16)15-30-25(27)21-6-4-3-5-20(21)24(26)18-9-10-22-23(14-18)29-12-11-28-22/h3-10,13-14H,11-12,15H2,1-2H3. The fourth-order valence-corrected chi connectivity index (χ4v) is 3.38. The zero-order valence-corrected chi connectivity index (χ0v) is 16.9. The molecule has 1 aliphatic heterocycles. The van der Waals surface area contributed by atoms with Crippen LogP contribution in [0.25, 0.3) is 0 Å². The molecule has 0 aliphatic carbocycles. The molecule has 152 valence electrons. The molecule has 0 N–H and O–H groups in total. The normalized spacial score (nSPS) is 12.3. The van der Waals surface area contributed by atoms with Gasteiger partial charge in [-0.25, -0.2) is 4.79 Å². The van der Waals surface area contributed by atoms with Crippen LogP contribution in [0.3, 0.4) is 0 Å². The average Bonchev–Trinajstić information content (AvgIpc) is 2.78. The first-order chi connectivity index (χ1) is 14.5. The number of ether oxygens (including phenoxy) is 3. The molecule has 0 bridgehead atoms. The van der Waals surface area contributed by atoms with Gasteiger partial charge in [0.2, 0.25) is 0 Å². The summed E-state index contributed by atoms with van der Waals surface area (Å²) in [7, 11) is 0. The van der Waals surface area contributed by atoms with E-state index >= 15 is 0 Å². The predicted molar refractivity (Wildman–Crippen MR) is 112 cm³/mol. The van der Waals surface area contributed by atoms with Crippen LogP contribution in [-0.2, 0) is 11.3 Å². The van der Waals surface area contributed by atoms with E-state index in [1.807, 2.05) is 32.0 Å². The van der Waals surface area contributed by atoms with Crippen molar-refractivity contribution in [3.05, 3.63) is 94.0 Å². The fourth-order valence-electron chi connectivity index (χ4n) is 3.38. The van der Waals surface area contributed by atoms with Gasteiger partial charge in [0.25, 0.3) is 0 Å². The van der Waals surface area contributed by atoms with Gasteiger partial charge in [-0.1, -0.05) is 42.0 Å². The Morgan fingerprint density at radius 1 is 0.867 bits per heavy atom. The van der Waals surface area contributed by atoms with Gasteiger partial charge in [0, 0.05) is 11.1 Å². The molecular formula is C25H22O5. The molecule has 1 aliphatic rings. The van der Waals surface area contributed by atoms with Gasteiger partial charge in [0.15, 0.2) is 17.3 Å². The second-order valence-electron chi connectivity index (χ2n) is 7.24. The Hall–Kier alpha value is -3.60. The fraction of sp³-hybridized carbons (Fsp3) is 0.200. The third-order valence-corrected chi connectivity index (χ3v) is 5.06. The van der Waals surface area contributed by atoms with E-state index in [9.17, 15) is 9.59 Å². The van der Waals surface area contributed by atoms with Crippen molar-refractivity contribution in [2.24, 2.45) is 0 Å². The first-order valence-electron chi connectivity index (χ1n) is 9.79. The Morgan fingerprint density at radius 3 is 2.40 bits per heavy atom. The van der Waals surface area contributed by atoms with Gasteiger partial charge in [-0.15, -0.1) is 0 Å². The maximum Gasteiger partial charge on any atom is 0.339 e. The molecule has 5 nitrogen and oxygen atoms in total. The number of carbonyl (C=O) groups is 2. The topological polar surface area (TPSA) is 61.8 Å². The van der Waals surface area contributed by atoms with Crippen LogP contribution in [0.5, 0.6) is 11.5 Å². The molecule has 0 unspecified atom stereocenters. The summed E-state index contributed by atoms with van der Waals surface area (Å²) < 4.78 is 16.6. The molecule has 0 atom stereocenters. The van der Waals surface area contributed by atoms with Crippen molar-refractivity contribution in [3.63, 3.8) is 0 Å². The molecule has 0 radical (unpaired) electrons. The quantitative estimate of drug-likeness (QED) is 0.459. The SMILES string of the molecule is Cc1ccc(C)c(COC(=O)c2ccccc2C(=O)c2ccc3c(c2)OCCO3)c1. The maximum atomic E-state index is 13.1. The van der Waals surface area contributed by atoms with Crippen molar-refractivity contribution in [3.8, 4) is 11.5 Å². The molecule has 3 aromatic carbocycles. The lowest BCUT2D eigenvalue weighted by molar-refractivity contribution is 0.0469. The van der Waals surface area contributed by atoms with E-state index in [2.05, 4.69) is 0 Å². The van der Waals surface area contributed by atoms with Crippen molar-refractivity contribution in [1.82, 2.24) is 0 Å². The number of esters is 1. The molecule has 0 fully saturated rings. The highest BCUT2D eigenvalue weighted by Crippen LogP contribution is 2.31. The van der Waals surface area contributed by atoms with Crippen molar-refractivity contribution >= 4 is 11.8 Å². The zero-order valence-electron chi connectivity index (χ0n) is 16.9. The van der Waals surface area contributed by atoms with E-state index in [0.29, 0.717) is 35.8 Å². The van der Waals surface area contributed by atoms with Crippen LogP contribution in [0, 0.1) is 13.8 Å². The van der Waals surface area contributed by atoms with E-state index < -0.39 is 5.97 Å². The summed E-state index contributed by atoms with van der Waals surface area (Å²) in [6, 6.07) is 17.7. The molecule has 0 saturated heterocycles.